The van der Waals surface area contributed by atoms with E-state index in [0.29, 0.717) is 11.3 Å². The Balaban J connectivity index is 2.33. The zero-order valence-electron chi connectivity index (χ0n) is 14.5. The summed E-state index contributed by atoms with van der Waals surface area (Å²) in [6.07, 6.45) is 13.9. The van der Waals surface area contributed by atoms with Crippen LogP contribution in [0.25, 0.3) is 0 Å². The van der Waals surface area contributed by atoms with Crippen molar-refractivity contribution in [3.63, 3.8) is 0 Å². The van der Waals surface area contributed by atoms with Gasteiger partial charge in [-0.05, 0) is 25.9 Å². The van der Waals surface area contributed by atoms with Gasteiger partial charge in [-0.15, -0.1) is 0 Å². The molecule has 1 rings (SSSR count). The highest BCUT2D eigenvalue weighted by Gasteiger charge is 2.18. The Hall–Kier alpha value is 0.270. The fourth-order valence-electron chi connectivity index (χ4n) is 3.27. The molecule has 2 nitrogen and oxygen atoms in total. The van der Waals surface area contributed by atoms with Crippen molar-refractivity contribution in [1.29, 1.82) is 0 Å². The molecule has 0 radical (unpaired) electrons. The number of rotatable bonds is 6. The van der Waals surface area contributed by atoms with Crippen molar-refractivity contribution >= 4 is 11.8 Å². The van der Waals surface area contributed by atoms with Crippen LogP contribution in [-0.2, 0) is 0 Å². The maximum absolute atomic E-state index is 6.51. The number of thioether (sulfide) groups is 1. The summed E-state index contributed by atoms with van der Waals surface area (Å²) in [5.41, 5.74) is 6.51. The predicted octanol–water partition coefficient (Wildman–Crippen LogP) is 4.67. The molecule has 0 aromatic carbocycles. The van der Waals surface area contributed by atoms with Crippen molar-refractivity contribution in [2.24, 2.45) is 5.73 Å². The van der Waals surface area contributed by atoms with Crippen LogP contribution in [0, 0.1) is 0 Å². The molecule has 0 saturated heterocycles. The lowest BCUT2D eigenvalue weighted by atomic mass is 9.98. The van der Waals surface area contributed by atoms with Crippen LogP contribution in [0.3, 0.4) is 0 Å². The van der Waals surface area contributed by atoms with Crippen LogP contribution in [0.15, 0.2) is 0 Å². The molecule has 1 aliphatic carbocycles. The standard InChI is InChI=1S/C18H38N2S/c1-3-20(4-2)15-16-21-18-14-12-10-8-6-5-7-9-11-13-17(18)19/h17-18H,3-16,19H2,1-2H3. The lowest BCUT2D eigenvalue weighted by Gasteiger charge is -2.26. The highest BCUT2D eigenvalue weighted by atomic mass is 32.2. The number of nitrogens with two attached hydrogens (primary N) is 1. The second kappa shape index (κ2) is 12.8. The summed E-state index contributed by atoms with van der Waals surface area (Å²) in [4.78, 5) is 2.52. The Kier molecular flexibility index (Phi) is 11.8. The van der Waals surface area contributed by atoms with Crippen molar-refractivity contribution in [3.8, 4) is 0 Å². The van der Waals surface area contributed by atoms with Gasteiger partial charge in [-0.2, -0.15) is 11.8 Å². The molecule has 2 atom stereocenters. The summed E-state index contributed by atoms with van der Waals surface area (Å²) in [6.45, 7) is 8.09. The van der Waals surface area contributed by atoms with E-state index in [-0.39, 0.29) is 0 Å². The average molecular weight is 315 g/mol. The van der Waals surface area contributed by atoms with Crippen LogP contribution in [0.5, 0.6) is 0 Å². The topological polar surface area (TPSA) is 29.3 Å². The summed E-state index contributed by atoms with van der Waals surface area (Å²) in [5.74, 6) is 1.25. The minimum atomic E-state index is 0.422. The van der Waals surface area contributed by atoms with Gasteiger partial charge in [0.2, 0.25) is 0 Å². The second-order valence-electron chi connectivity index (χ2n) is 6.51. The quantitative estimate of drug-likeness (QED) is 0.772. The van der Waals surface area contributed by atoms with Gasteiger partial charge in [0.1, 0.15) is 0 Å². The number of nitrogens with zero attached hydrogens (tertiary/aromatic N) is 1. The fourth-order valence-corrected chi connectivity index (χ4v) is 4.65. The van der Waals surface area contributed by atoms with Gasteiger partial charge in [0.25, 0.3) is 0 Å². The predicted molar refractivity (Wildman–Crippen MR) is 98.2 cm³/mol. The van der Waals surface area contributed by atoms with E-state index in [9.17, 15) is 0 Å². The molecular weight excluding hydrogens is 276 g/mol. The molecule has 126 valence electrons. The highest BCUT2D eigenvalue weighted by molar-refractivity contribution is 8.00. The summed E-state index contributed by atoms with van der Waals surface area (Å²) in [5, 5.41) is 0.694. The Morgan fingerprint density at radius 1 is 0.857 bits per heavy atom. The number of hydrogen-bond acceptors (Lipinski definition) is 3. The average Bonchev–Trinajstić information content (AvgIpc) is 2.49. The van der Waals surface area contributed by atoms with Crippen LogP contribution in [0.1, 0.15) is 78.1 Å². The SMILES string of the molecule is CCN(CC)CCSC1CCCCCCCCCCC1N. The van der Waals surface area contributed by atoms with Gasteiger partial charge >= 0.3 is 0 Å². The molecule has 3 heteroatoms. The van der Waals surface area contributed by atoms with Crippen LogP contribution >= 0.6 is 11.8 Å². The van der Waals surface area contributed by atoms with E-state index in [2.05, 4.69) is 30.5 Å². The Bertz CT molecular complexity index is 231. The maximum Gasteiger partial charge on any atom is 0.0199 e. The summed E-state index contributed by atoms with van der Waals surface area (Å²) in [6, 6.07) is 0.422. The smallest absolute Gasteiger partial charge is 0.0199 e. The van der Waals surface area contributed by atoms with Crippen molar-refractivity contribution in [2.75, 3.05) is 25.4 Å². The van der Waals surface area contributed by atoms with E-state index in [4.69, 9.17) is 5.73 Å². The largest absolute Gasteiger partial charge is 0.327 e. The lowest BCUT2D eigenvalue weighted by Crippen LogP contribution is -2.34. The van der Waals surface area contributed by atoms with Crippen molar-refractivity contribution in [1.82, 2.24) is 4.90 Å². The monoisotopic (exact) mass is 314 g/mol. The highest BCUT2D eigenvalue weighted by Crippen LogP contribution is 2.25. The van der Waals surface area contributed by atoms with Crippen LogP contribution in [0.2, 0.25) is 0 Å². The minimum absolute atomic E-state index is 0.422. The van der Waals surface area contributed by atoms with E-state index in [1.165, 1.54) is 89.6 Å². The van der Waals surface area contributed by atoms with Gasteiger partial charge in [0.15, 0.2) is 0 Å². The Morgan fingerprint density at radius 3 is 1.95 bits per heavy atom. The zero-order valence-corrected chi connectivity index (χ0v) is 15.3. The molecule has 2 N–H and O–H groups in total. The first-order chi connectivity index (χ1) is 10.3. The normalized spacial score (nSPS) is 26.3. The molecule has 0 spiro atoms. The van der Waals surface area contributed by atoms with E-state index in [0.717, 1.165) is 0 Å². The molecule has 0 amide bonds. The zero-order chi connectivity index (χ0) is 15.3. The lowest BCUT2D eigenvalue weighted by molar-refractivity contribution is 0.323. The first-order valence-corrected chi connectivity index (χ1v) is 10.4. The third-order valence-electron chi connectivity index (χ3n) is 4.89. The summed E-state index contributed by atoms with van der Waals surface area (Å²) >= 11 is 2.15. The van der Waals surface area contributed by atoms with Crippen LogP contribution < -0.4 is 5.73 Å². The van der Waals surface area contributed by atoms with E-state index in [1.807, 2.05) is 0 Å². The first kappa shape index (κ1) is 19.3. The number of hydrogen-bond donors (Lipinski definition) is 1. The van der Waals surface area contributed by atoms with Gasteiger partial charge in [0, 0.05) is 23.6 Å². The third-order valence-corrected chi connectivity index (χ3v) is 6.32. The minimum Gasteiger partial charge on any atom is -0.327 e. The Labute approximate surface area is 137 Å². The van der Waals surface area contributed by atoms with Crippen molar-refractivity contribution in [2.45, 2.75) is 89.3 Å². The van der Waals surface area contributed by atoms with Crippen molar-refractivity contribution in [3.05, 3.63) is 0 Å². The fraction of sp³-hybridized carbons (Fsp3) is 1.00. The molecule has 1 aliphatic rings. The molecule has 1 saturated carbocycles. The Morgan fingerprint density at radius 2 is 1.38 bits per heavy atom. The van der Waals surface area contributed by atoms with Gasteiger partial charge < -0.3 is 10.6 Å². The summed E-state index contributed by atoms with van der Waals surface area (Å²) < 4.78 is 0. The second-order valence-corrected chi connectivity index (χ2v) is 7.85. The third kappa shape index (κ3) is 9.10. The first-order valence-electron chi connectivity index (χ1n) is 9.37. The molecule has 21 heavy (non-hydrogen) atoms. The van der Waals surface area contributed by atoms with Crippen molar-refractivity contribution < 1.29 is 0 Å². The summed E-state index contributed by atoms with van der Waals surface area (Å²) in [7, 11) is 0. The molecule has 2 unspecified atom stereocenters. The molecule has 0 heterocycles. The van der Waals surface area contributed by atoms with Gasteiger partial charge in [-0.25, -0.2) is 0 Å². The van der Waals surface area contributed by atoms with Gasteiger partial charge in [0.05, 0.1) is 0 Å². The van der Waals surface area contributed by atoms with E-state index in [1.54, 1.807) is 0 Å². The molecule has 0 bridgehead atoms. The van der Waals surface area contributed by atoms with Crippen LogP contribution in [0.4, 0.5) is 0 Å². The van der Waals surface area contributed by atoms with E-state index < -0.39 is 0 Å². The molecule has 0 aromatic rings. The molecule has 1 fully saturated rings. The van der Waals surface area contributed by atoms with Gasteiger partial charge in [-0.3, -0.25) is 0 Å². The van der Waals surface area contributed by atoms with Crippen LogP contribution in [-0.4, -0.2) is 41.6 Å². The maximum atomic E-state index is 6.51. The van der Waals surface area contributed by atoms with E-state index >= 15 is 0 Å². The molecular formula is C18H38N2S. The van der Waals surface area contributed by atoms with Gasteiger partial charge in [-0.1, -0.05) is 65.2 Å². The molecule has 0 aliphatic heterocycles. The molecule has 0 aromatic heterocycles.